The molecule has 102 valence electrons. The second-order valence-corrected chi connectivity index (χ2v) is 5.35. The van der Waals surface area contributed by atoms with Crippen molar-refractivity contribution >= 4 is 23.2 Å². The zero-order valence-corrected chi connectivity index (χ0v) is 11.7. The second kappa shape index (κ2) is 5.17. The number of hydrogen-bond acceptors (Lipinski definition) is 2. The number of carbonyl (C=O) groups excluding carboxylic acids is 1. The highest BCUT2D eigenvalue weighted by molar-refractivity contribution is 6.33. The van der Waals surface area contributed by atoms with Gasteiger partial charge >= 0.3 is 0 Å². The summed E-state index contributed by atoms with van der Waals surface area (Å²) in [5.74, 6) is -0.0560. The topological polar surface area (TPSA) is 46.3 Å². The van der Waals surface area contributed by atoms with Crippen LogP contribution in [0.4, 0.5) is 5.69 Å². The zero-order valence-electron chi connectivity index (χ0n) is 11.0. The first-order chi connectivity index (χ1) is 9.66. The van der Waals surface area contributed by atoms with Crippen LogP contribution < -0.4 is 5.73 Å². The van der Waals surface area contributed by atoms with Gasteiger partial charge in [-0.1, -0.05) is 41.9 Å². The molecule has 0 aromatic heterocycles. The van der Waals surface area contributed by atoms with Crippen molar-refractivity contribution < 1.29 is 4.79 Å². The molecule has 0 bridgehead atoms. The van der Waals surface area contributed by atoms with E-state index in [4.69, 9.17) is 17.3 Å². The first-order valence-corrected chi connectivity index (χ1v) is 6.94. The SMILES string of the molecule is Nc1c(Cl)cccc1C(=O)N1CCc2ccccc2C1. The number of amides is 1. The quantitative estimate of drug-likeness (QED) is 0.819. The minimum Gasteiger partial charge on any atom is -0.397 e. The number of para-hydroxylation sites is 1. The number of nitrogen functional groups attached to an aromatic ring is 1. The first-order valence-electron chi connectivity index (χ1n) is 6.57. The Balaban J connectivity index is 1.88. The summed E-state index contributed by atoms with van der Waals surface area (Å²) in [5, 5.41) is 0.424. The third kappa shape index (κ3) is 2.25. The van der Waals surface area contributed by atoms with Crippen LogP contribution in [-0.2, 0) is 13.0 Å². The van der Waals surface area contributed by atoms with Crippen LogP contribution in [0.1, 0.15) is 21.5 Å². The molecule has 1 heterocycles. The van der Waals surface area contributed by atoms with E-state index >= 15 is 0 Å². The van der Waals surface area contributed by atoms with Crippen LogP contribution in [0.15, 0.2) is 42.5 Å². The second-order valence-electron chi connectivity index (χ2n) is 4.95. The zero-order chi connectivity index (χ0) is 14.1. The molecule has 0 spiro atoms. The van der Waals surface area contributed by atoms with E-state index in [1.807, 2.05) is 17.0 Å². The summed E-state index contributed by atoms with van der Waals surface area (Å²) < 4.78 is 0. The molecule has 0 radical (unpaired) electrons. The Hall–Kier alpha value is -2.00. The molecule has 3 rings (SSSR count). The molecule has 1 amide bonds. The lowest BCUT2D eigenvalue weighted by atomic mass is 9.99. The van der Waals surface area contributed by atoms with Gasteiger partial charge in [-0.15, -0.1) is 0 Å². The predicted molar refractivity (Wildman–Crippen MR) is 80.8 cm³/mol. The summed E-state index contributed by atoms with van der Waals surface area (Å²) in [6.45, 7) is 1.34. The van der Waals surface area contributed by atoms with Crippen LogP contribution >= 0.6 is 11.6 Å². The van der Waals surface area contributed by atoms with E-state index in [1.54, 1.807) is 18.2 Å². The number of halogens is 1. The molecule has 0 aliphatic carbocycles. The average molecular weight is 287 g/mol. The van der Waals surface area contributed by atoms with Crippen molar-refractivity contribution in [1.82, 2.24) is 4.90 Å². The number of anilines is 1. The fourth-order valence-corrected chi connectivity index (χ4v) is 2.74. The number of hydrogen-bond donors (Lipinski definition) is 1. The molecule has 0 atom stereocenters. The number of benzene rings is 2. The van der Waals surface area contributed by atoms with Gasteiger partial charge in [0.2, 0.25) is 0 Å². The first kappa shape index (κ1) is 13.0. The molecule has 0 saturated heterocycles. The minimum atomic E-state index is -0.0560. The van der Waals surface area contributed by atoms with Crippen molar-refractivity contribution in [2.24, 2.45) is 0 Å². The van der Waals surface area contributed by atoms with Crippen LogP contribution in [0.2, 0.25) is 5.02 Å². The fraction of sp³-hybridized carbons (Fsp3) is 0.188. The third-order valence-corrected chi connectivity index (χ3v) is 4.03. The van der Waals surface area contributed by atoms with E-state index in [1.165, 1.54) is 11.1 Å². The van der Waals surface area contributed by atoms with Crippen molar-refractivity contribution in [3.8, 4) is 0 Å². The maximum Gasteiger partial charge on any atom is 0.256 e. The summed E-state index contributed by atoms with van der Waals surface area (Å²) in [4.78, 5) is 14.4. The van der Waals surface area contributed by atoms with Crippen LogP contribution in [0.25, 0.3) is 0 Å². The molecule has 0 fully saturated rings. The van der Waals surface area contributed by atoms with Gasteiger partial charge in [-0.25, -0.2) is 0 Å². The molecule has 2 aromatic rings. The van der Waals surface area contributed by atoms with E-state index in [2.05, 4.69) is 12.1 Å². The van der Waals surface area contributed by atoms with Crippen molar-refractivity contribution in [2.75, 3.05) is 12.3 Å². The Bertz CT molecular complexity index is 669. The summed E-state index contributed by atoms with van der Waals surface area (Å²) >= 11 is 5.98. The number of nitrogens with two attached hydrogens (primary N) is 1. The molecular weight excluding hydrogens is 272 g/mol. The maximum absolute atomic E-state index is 12.6. The van der Waals surface area contributed by atoms with Gasteiger partial charge in [0, 0.05) is 13.1 Å². The Labute approximate surface area is 123 Å². The van der Waals surface area contributed by atoms with Gasteiger partial charge in [0.25, 0.3) is 5.91 Å². The Morgan fingerprint density at radius 3 is 2.65 bits per heavy atom. The van der Waals surface area contributed by atoms with E-state index < -0.39 is 0 Å². The number of carbonyl (C=O) groups is 1. The third-order valence-electron chi connectivity index (χ3n) is 3.70. The molecule has 2 aromatic carbocycles. The summed E-state index contributed by atoms with van der Waals surface area (Å²) in [6.07, 6.45) is 0.877. The van der Waals surface area contributed by atoms with E-state index in [-0.39, 0.29) is 5.91 Å². The maximum atomic E-state index is 12.6. The van der Waals surface area contributed by atoms with Gasteiger partial charge in [-0.2, -0.15) is 0 Å². The number of rotatable bonds is 1. The monoisotopic (exact) mass is 286 g/mol. The molecular formula is C16H15ClN2O. The van der Waals surface area contributed by atoms with Gasteiger partial charge in [-0.3, -0.25) is 4.79 Å². The van der Waals surface area contributed by atoms with E-state index in [0.717, 1.165) is 6.42 Å². The Morgan fingerprint density at radius 2 is 1.85 bits per heavy atom. The fourth-order valence-electron chi connectivity index (χ4n) is 2.56. The van der Waals surface area contributed by atoms with Crippen LogP contribution in [-0.4, -0.2) is 17.4 Å². The largest absolute Gasteiger partial charge is 0.397 e. The van der Waals surface area contributed by atoms with Crippen molar-refractivity contribution in [3.63, 3.8) is 0 Å². The van der Waals surface area contributed by atoms with Crippen molar-refractivity contribution in [3.05, 3.63) is 64.2 Å². The van der Waals surface area contributed by atoms with Gasteiger partial charge in [0.05, 0.1) is 16.3 Å². The highest BCUT2D eigenvalue weighted by Crippen LogP contribution is 2.26. The minimum absolute atomic E-state index is 0.0560. The Morgan fingerprint density at radius 1 is 1.10 bits per heavy atom. The van der Waals surface area contributed by atoms with Gasteiger partial charge in [0.1, 0.15) is 0 Å². The van der Waals surface area contributed by atoms with Crippen LogP contribution in [0.5, 0.6) is 0 Å². The molecule has 4 heteroatoms. The lowest BCUT2D eigenvalue weighted by Gasteiger charge is -2.29. The molecule has 1 aliphatic rings. The molecule has 20 heavy (non-hydrogen) atoms. The van der Waals surface area contributed by atoms with Crippen molar-refractivity contribution in [2.45, 2.75) is 13.0 Å². The molecule has 0 saturated carbocycles. The van der Waals surface area contributed by atoms with Gasteiger partial charge < -0.3 is 10.6 Å². The molecule has 3 nitrogen and oxygen atoms in total. The average Bonchev–Trinajstić information content (AvgIpc) is 2.49. The lowest BCUT2D eigenvalue weighted by Crippen LogP contribution is -2.36. The summed E-state index contributed by atoms with van der Waals surface area (Å²) in [6, 6.07) is 13.4. The molecule has 0 unspecified atom stereocenters. The standard InChI is InChI=1S/C16H15ClN2O/c17-14-7-3-6-13(15(14)18)16(20)19-9-8-11-4-1-2-5-12(11)10-19/h1-7H,8-10,18H2. The summed E-state index contributed by atoms with van der Waals surface area (Å²) in [7, 11) is 0. The molecule has 2 N–H and O–H groups in total. The van der Waals surface area contributed by atoms with Crippen molar-refractivity contribution in [1.29, 1.82) is 0 Å². The Kier molecular flexibility index (Phi) is 3.36. The number of fused-ring (bicyclic) bond motifs is 1. The predicted octanol–water partition coefficient (Wildman–Crippen LogP) is 3.12. The highest BCUT2D eigenvalue weighted by Gasteiger charge is 2.23. The highest BCUT2D eigenvalue weighted by atomic mass is 35.5. The normalized spacial score (nSPS) is 13.9. The van der Waals surface area contributed by atoms with Gasteiger partial charge in [0.15, 0.2) is 0 Å². The number of nitrogens with zero attached hydrogens (tertiary/aromatic N) is 1. The van der Waals surface area contributed by atoms with E-state index in [9.17, 15) is 4.79 Å². The van der Waals surface area contributed by atoms with Crippen LogP contribution in [0, 0.1) is 0 Å². The smallest absolute Gasteiger partial charge is 0.256 e. The van der Waals surface area contributed by atoms with E-state index in [0.29, 0.717) is 29.4 Å². The van der Waals surface area contributed by atoms with Crippen LogP contribution in [0.3, 0.4) is 0 Å². The summed E-state index contributed by atoms with van der Waals surface area (Å²) in [5.41, 5.74) is 9.26. The van der Waals surface area contributed by atoms with Gasteiger partial charge in [-0.05, 0) is 29.7 Å². The lowest BCUT2D eigenvalue weighted by molar-refractivity contribution is 0.0736. The molecule has 1 aliphatic heterocycles.